The van der Waals surface area contributed by atoms with E-state index in [-0.39, 0.29) is 17.4 Å². The van der Waals surface area contributed by atoms with Crippen LogP contribution in [0.2, 0.25) is 0 Å². The minimum atomic E-state index is -0.0969. The minimum absolute atomic E-state index is 0.0354. The number of hydrogen-bond donors (Lipinski definition) is 1. The van der Waals surface area contributed by atoms with Crippen molar-refractivity contribution in [3.05, 3.63) is 51.8 Å². The van der Waals surface area contributed by atoms with Crippen LogP contribution in [0.1, 0.15) is 19.5 Å². The summed E-state index contributed by atoms with van der Waals surface area (Å²) in [6, 6.07) is 9.01. The molecular weight excluding hydrogens is 310 g/mol. The van der Waals surface area contributed by atoms with Gasteiger partial charge in [-0.05, 0) is 19.1 Å². The molecule has 0 atom stereocenters. The molecule has 1 N–H and O–H groups in total. The summed E-state index contributed by atoms with van der Waals surface area (Å²) in [5.41, 5.74) is 2.98. The van der Waals surface area contributed by atoms with Gasteiger partial charge in [0.15, 0.2) is 4.96 Å². The number of nitrogens with one attached hydrogen (secondary N) is 1. The molecule has 0 aliphatic carbocycles. The predicted molar refractivity (Wildman–Crippen MR) is 93.0 cm³/mol. The molecule has 0 aliphatic heterocycles. The van der Waals surface area contributed by atoms with E-state index < -0.39 is 0 Å². The smallest absolute Gasteiger partial charge is 0.259 e. The summed E-state index contributed by atoms with van der Waals surface area (Å²) >= 11 is 1.43. The summed E-state index contributed by atoms with van der Waals surface area (Å²) in [5, 5.41) is 4.79. The zero-order valence-corrected chi connectivity index (χ0v) is 14.0. The maximum absolute atomic E-state index is 12.3. The lowest BCUT2D eigenvalue weighted by molar-refractivity contribution is -0.118. The molecular formula is C17H17N3O2S. The van der Waals surface area contributed by atoms with Gasteiger partial charge < -0.3 is 5.32 Å². The molecule has 0 spiro atoms. The third-order valence-electron chi connectivity index (χ3n) is 3.48. The molecule has 3 rings (SSSR count). The Kier molecular flexibility index (Phi) is 4.00. The first-order chi connectivity index (χ1) is 11.0. The Bertz CT molecular complexity index is 940. The zero-order chi connectivity index (χ0) is 16.6. The van der Waals surface area contributed by atoms with Gasteiger partial charge in [-0.1, -0.05) is 26.0 Å². The van der Waals surface area contributed by atoms with E-state index in [1.54, 1.807) is 4.40 Å². The van der Waals surface area contributed by atoms with Crippen molar-refractivity contribution >= 4 is 27.9 Å². The van der Waals surface area contributed by atoms with Crippen LogP contribution in [-0.2, 0) is 4.79 Å². The summed E-state index contributed by atoms with van der Waals surface area (Å²) in [4.78, 5) is 29.2. The molecule has 0 bridgehead atoms. The molecule has 0 saturated heterocycles. The first-order valence-corrected chi connectivity index (χ1v) is 8.23. The van der Waals surface area contributed by atoms with Crippen molar-refractivity contribution in [1.29, 1.82) is 0 Å². The zero-order valence-electron chi connectivity index (χ0n) is 13.2. The Hall–Kier alpha value is -2.47. The van der Waals surface area contributed by atoms with Crippen molar-refractivity contribution in [3.63, 3.8) is 0 Å². The molecule has 2 aromatic heterocycles. The van der Waals surface area contributed by atoms with Crippen LogP contribution in [0.25, 0.3) is 16.2 Å². The van der Waals surface area contributed by atoms with Gasteiger partial charge in [0, 0.05) is 34.3 Å². The van der Waals surface area contributed by atoms with E-state index in [2.05, 4.69) is 10.3 Å². The Morgan fingerprint density at radius 1 is 1.30 bits per heavy atom. The van der Waals surface area contributed by atoms with E-state index in [9.17, 15) is 9.59 Å². The molecule has 1 aromatic carbocycles. The highest BCUT2D eigenvalue weighted by Crippen LogP contribution is 2.26. The van der Waals surface area contributed by atoms with Crippen LogP contribution >= 0.6 is 11.3 Å². The van der Waals surface area contributed by atoms with Crippen molar-refractivity contribution in [1.82, 2.24) is 9.38 Å². The van der Waals surface area contributed by atoms with Gasteiger partial charge in [0.25, 0.3) is 5.56 Å². The van der Waals surface area contributed by atoms with Gasteiger partial charge in [-0.25, -0.2) is 4.98 Å². The van der Waals surface area contributed by atoms with Crippen LogP contribution in [0.15, 0.2) is 40.5 Å². The highest BCUT2D eigenvalue weighted by atomic mass is 32.1. The van der Waals surface area contributed by atoms with Crippen molar-refractivity contribution in [3.8, 4) is 11.3 Å². The number of carbonyl (C=O) groups is 1. The number of benzene rings is 1. The summed E-state index contributed by atoms with van der Waals surface area (Å²) in [5.74, 6) is -0.123. The van der Waals surface area contributed by atoms with Gasteiger partial charge in [0.2, 0.25) is 5.91 Å². The van der Waals surface area contributed by atoms with E-state index >= 15 is 0 Å². The number of amides is 1. The standard InChI is InChI=1S/C17H17N3O2S/c1-10(2)16(22)19-13-6-4-5-12(8-13)14-9-23-17-18-11(3)7-15(21)20(14)17/h4-10H,1-3H3,(H,19,22). The number of aryl methyl sites for hydroxylation is 1. The average Bonchev–Trinajstić information content (AvgIpc) is 2.91. The molecule has 6 heteroatoms. The van der Waals surface area contributed by atoms with Crippen molar-refractivity contribution in [2.24, 2.45) is 5.92 Å². The SMILES string of the molecule is Cc1cc(=O)n2c(-c3cccc(NC(=O)C(C)C)c3)csc2n1. The van der Waals surface area contributed by atoms with Crippen LogP contribution in [0.4, 0.5) is 5.69 Å². The molecule has 0 saturated carbocycles. The third kappa shape index (κ3) is 3.03. The first kappa shape index (κ1) is 15.4. The fraction of sp³-hybridized carbons (Fsp3) is 0.235. The van der Waals surface area contributed by atoms with Crippen LogP contribution in [0.3, 0.4) is 0 Å². The summed E-state index contributed by atoms with van der Waals surface area (Å²) < 4.78 is 1.60. The Labute approximate surface area is 137 Å². The molecule has 118 valence electrons. The molecule has 1 amide bonds. The highest BCUT2D eigenvalue weighted by molar-refractivity contribution is 7.15. The Morgan fingerprint density at radius 3 is 2.83 bits per heavy atom. The van der Waals surface area contributed by atoms with Crippen LogP contribution in [0.5, 0.6) is 0 Å². The maximum Gasteiger partial charge on any atom is 0.259 e. The van der Waals surface area contributed by atoms with Gasteiger partial charge in [0.1, 0.15) is 0 Å². The van der Waals surface area contributed by atoms with Gasteiger partial charge >= 0.3 is 0 Å². The van der Waals surface area contributed by atoms with Gasteiger partial charge in [-0.15, -0.1) is 11.3 Å². The quantitative estimate of drug-likeness (QED) is 0.802. The number of anilines is 1. The Morgan fingerprint density at radius 2 is 2.09 bits per heavy atom. The second-order valence-corrected chi connectivity index (χ2v) is 6.54. The maximum atomic E-state index is 12.3. The Balaban J connectivity index is 2.06. The van der Waals surface area contributed by atoms with Gasteiger partial charge in [-0.2, -0.15) is 0 Å². The molecule has 0 radical (unpaired) electrons. The number of aromatic nitrogens is 2. The molecule has 23 heavy (non-hydrogen) atoms. The molecule has 2 heterocycles. The van der Waals surface area contributed by atoms with Crippen molar-refractivity contribution < 1.29 is 4.79 Å². The number of nitrogens with zero attached hydrogens (tertiary/aromatic N) is 2. The molecule has 0 aliphatic rings. The molecule has 5 nitrogen and oxygen atoms in total. The van der Waals surface area contributed by atoms with E-state index in [0.29, 0.717) is 16.3 Å². The van der Waals surface area contributed by atoms with E-state index in [1.807, 2.05) is 50.4 Å². The lowest BCUT2D eigenvalue weighted by atomic mass is 10.1. The van der Waals surface area contributed by atoms with Crippen molar-refractivity contribution in [2.45, 2.75) is 20.8 Å². The van der Waals surface area contributed by atoms with Crippen molar-refractivity contribution in [2.75, 3.05) is 5.32 Å². The second-order valence-electron chi connectivity index (χ2n) is 5.70. The van der Waals surface area contributed by atoms with Crippen LogP contribution in [0, 0.1) is 12.8 Å². The fourth-order valence-corrected chi connectivity index (χ4v) is 3.22. The predicted octanol–water partition coefficient (Wildman–Crippen LogP) is 3.33. The second kappa shape index (κ2) is 5.96. The number of fused-ring (bicyclic) bond motifs is 1. The largest absolute Gasteiger partial charge is 0.326 e. The highest BCUT2D eigenvalue weighted by Gasteiger charge is 2.11. The van der Waals surface area contributed by atoms with Gasteiger partial charge in [0.05, 0.1) is 5.69 Å². The summed E-state index contributed by atoms with van der Waals surface area (Å²) in [7, 11) is 0. The number of hydrogen-bond acceptors (Lipinski definition) is 4. The number of rotatable bonds is 3. The number of carbonyl (C=O) groups excluding carboxylic acids is 1. The minimum Gasteiger partial charge on any atom is -0.326 e. The summed E-state index contributed by atoms with van der Waals surface area (Å²) in [6.07, 6.45) is 0. The van der Waals surface area contributed by atoms with E-state index in [4.69, 9.17) is 0 Å². The fourth-order valence-electron chi connectivity index (χ4n) is 2.27. The molecule has 0 fully saturated rings. The average molecular weight is 327 g/mol. The topological polar surface area (TPSA) is 63.5 Å². The lowest BCUT2D eigenvalue weighted by Crippen LogP contribution is -2.17. The molecule has 0 unspecified atom stereocenters. The lowest BCUT2D eigenvalue weighted by Gasteiger charge is -2.09. The van der Waals surface area contributed by atoms with E-state index in [0.717, 1.165) is 11.3 Å². The monoisotopic (exact) mass is 327 g/mol. The normalized spacial score (nSPS) is 11.1. The van der Waals surface area contributed by atoms with E-state index in [1.165, 1.54) is 17.4 Å². The van der Waals surface area contributed by atoms with Crippen LogP contribution < -0.4 is 10.9 Å². The first-order valence-electron chi connectivity index (χ1n) is 7.35. The summed E-state index contributed by atoms with van der Waals surface area (Å²) in [6.45, 7) is 5.50. The van der Waals surface area contributed by atoms with Crippen LogP contribution in [-0.4, -0.2) is 15.3 Å². The molecule has 3 aromatic rings. The van der Waals surface area contributed by atoms with Gasteiger partial charge in [-0.3, -0.25) is 14.0 Å². The third-order valence-corrected chi connectivity index (χ3v) is 4.31. The number of thiazole rings is 1.